The minimum Gasteiger partial charge on any atom is -0.492 e. The van der Waals surface area contributed by atoms with Gasteiger partial charge in [0.2, 0.25) is 0 Å². The lowest BCUT2D eigenvalue weighted by Gasteiger charge is -2.10. The number of amides is 1. The number of carbonyl (C=O) groups is 2. The van der Waals surface area contributed by atoms with E-state index in [2.05, 4.69) is 10.3 Å². The zero-order chi connectivity index (χ0) is 22.3. The third-order valence-electron chi connectivity index (χ3n) is 3.47. The predicted octanol–water partition coefficient (Wildman–Crippen LogP) is 5.40. The number of carbonyl (C=O) groups excluding carboxylic acids is 2. The molecule has 30 heavy (non-hydrogen) atoms. The van der Waals surface area contributed by atoms with Gasteiger partial charge in [0.25, 0.3) is 5.91 Å². The zero-order valence-electron chi connectivity index (χ0n) is 15.1. The van der Waals surface area contributed by atoms with Gasteiger partial charge in [0.1, 0.15) is 5.75 Å². The molecule has 0 spiro atoms. The molecule has 1 heterocycles. The number of ether oxygens (including phenoxy) is 2. The summed E-state index contributed by atoms with van der Waals surface area (Å²) < 4.78 is 47.9. The number of anilines is 1. The molecule has 0 unspecified atom stereocenters. The smallest absolute Gasteiger partial charge is 0.417 e. The summed E-state index contributed by atoms with van der Waals surface area (Å²) in [4.78, 5) is 26.9. The Bertz CT molecular complexity index is 926. The number of nitrogens with zero attached hydrogens (tertiary/aromatic N) is 1. The average Bonchev–Trinajstić information content (AvgIpc) is 2.65. The molecule has 0 saturated heterocycles. The van der Waals surface area contributed by atoms with Gasteiger partial charge in [-0.1, -0.05) is 34.8 Å². The van der Waals surface area contributed by atoms with Crippen LogP contribution in [-0.4, -0.2) is 30.1 Å². The summed E-state index contributed by atoms with van der Waals surface area (Å²) >= 11 is 17.4. The Morgan fingerprint density at radius 2 is 1.83 bits per heavy atom. The van der Waals surface area contributed by atoms with Gasteiger partial charge in [0, 0.05) is 17.6 Å². The second kappa shape index (κ2) is 10.7. The lowest BCUT2D eigenvalue weighted by molar-refractivity contribution is -0.147. The highest BCUT2D eigenvalue weighted by molar-refractivity contribution is 6.35. The van der Waals surface area contributed by atoms with Crippen molar-refractivity contribution >= 4 is 52.5 Å². The third-order valence-corrected chi connectivity index (χ3v) is 4.29. The predicted molar refractivity (Wildman–Crippen MR) is 105 cm³/mol. The molecule has 1 aromatic carbocycles. The molecule has 12 heteroatoms. The summed E-state index contributed by atoms with van der Waals surface area (Å²) in [6.45, 7) is -0.477. The van der Waals surface area contributed by atoms with Crippen molar-refractivity contribution in [2.45, 2.75) is 19.0 Å². The molecule has 1 N–H and O–H groups in total. The van der Waals surface area contributed by atoms with E-state index in [9.17, 15) is 22.8 Å². The van der Waals surface area contributed by atoms with Gasteiger partial charge in [-0.3, -0.25) is 9.59 Å². The number of halogens is 6. The topological polar surface area (TPSA) is 77.5 Å². The Kier molecular flexibility index (Phi) is 8.57. The Morgan fingerprint density at radius 3 is 2.47 bits per heavy atom. The first kappa shape index (κ1) is 24.0. The van der Waals surface area contributed by atoms with Crippen molar-refractivity contribution in [1.82, 2.24) is 4.98 Å². The SMILES string of the molecule is O=C(COC(=O)CCCOc1ccc(Cl)cc1Cl)Nc1ncc(C(F)(F)F)cc1Cl. The molecule has 0 saturated carbocycles. The fourth-order valence-corrected chi connectivity index (χ4v) is 2.74. The van der Waals surface area contributed by atoms with Gasteiger partial charge in [-0.25, -0.2) is 4.98 Å². The Labute approximate surface area is 184 Å². The minimum absolute atomic E-state index is 0.0300. The first-order valence-corrected chi connectivity index (χ1v) is 9.45. The number of benzene rings is 1. The largest absolute Gasteiger partial charge is 0.492 e. The summed E-state index contributed by atoms with van der Waals surface area (Å²) in [5.74, 6) is -1.34. The van der Waals surface area contributed by atoms with E-state index >= 15 is 0 Å². The minimum atomic E-state index is -4.61. The summed E-state index contributed by atoms with van der Waals surface area (Å²) in [5, 5.41) is 2.56. The van der Waals surface area contributed by atoms with Gasteiger partial charge in [0.05, 0.1) is 22.2 Å². The molecule has 0 aliphatic carbocycles. The van der Waals surface area contributed by atoms with Crippen LogP contribution in [0.3, 0.4) is 0 Å². The molecular formula is C18H14Cl3F3N2O4. The van der Waals surface area contributed by atoms with Crippen molar-refractivity contribution < 1.29 is 32.2 Å². The van der Waals surface area contributed by atoms with Crippen molar-refractivity contribution in [3.63, 3.8) is 0 Å². The third kappa shape index (κ3) is 7.55. The van der Waals surface area contributed by atoms with E-state index in [1.807, 2.05) is 0 Å². The first-order valence-electron chi connectivity index (χ1n) is 8.32. The van der Waals surface area contributed by atoms with Gasteiger partial charge in [0.15, 0.2) is 12.4 Å². The van der Waals surface area contributed by atoms with Crippen LogP contribution in [0.4, 0.5) is 19.0 Å². The van der Waals surface area contributed by atoms with Crippen molar-refractivity contribution in [2.24, 2.45) is 0 Å². The summed E-state index contributed by atoms with van der Waals surface area (Å²) in [6, 6.07) is 5.34. The van der Waals surface area contributed by atoms with Gasteiger partial charge in [-0.2, -0.15) is 13.2 Å². The van der Waals surface area contributed by atoms with Gasteiger partial charge < -0.3 is 14.8 Å². The molecule has 1 amide bonds. The van der Waals surface area contributed by atoms with Crippen LogP contribution >= 0.6 is 34.8 Å². The van der Waals surface area contributed by atoms with Crippen LogP contribution in [0.2, 0.25) is 15.1 Å². The van der Waals surface area contributed by atoms with Crippen LogP contribution in [0.15, 0.2) is 30.5 Å². The lowest BCUT2D eigenvalue weighted by atomic mass is 10.3. The highest BCUT2D eigenvalue weighted by Crippen LogP contribution is 2.32. The van der Waals surface area contributed by atoms with Gasteiger partial charge in [-0.05, 0) is 30.7 Å². The normalized spacial score (nSPS) is 11.1. The van der Waals surface area contributed by atoms with Crippen LogP contribution in [0, 0.1) is 0 Å². The number of aromatic nitrogens is 1. The Hall–Kier alpha value is -2.23. The number of rotatable bonds is 8. The highest BCUT2D eigenvalue weighted by Gasteiger charge is 2.31. The Balaban J connectivity index is 1.71. The van der Waals surface area contributed by atoms with Crippen LogP contribution in [0.5, 0.6) is 5.75 Å². The van der Waals surface area contributed by atoms with E-state index < -0.39 is 35.2 Å². The van der Waals surface area contributed by atoms with Gasteiger partial charge in [-0.15, -0.1) is 0 Å². The van der Waals surface area contributed by atoms with Crippen LogP contribution in [0.1, 0.15) is 18.4 Å². The quantitative estimate of drug-likeness (QED) is 0.400. The molecule has 0 aliphatic rings. The summed E-state index contributed by atoms with van der Waals surface area (Å²) in [6.07, 6.45) is -3.82. The van der Waals surface area contributed by atoms with Crippen molar-refractivity contribution in [2.75, 3.05) is 18.5 Å². The van der Waals surface area contributed by atoms with Crippen LogP contribution in [-0.2, 0) is 20.5 Å². The molecule has 0 fully saturated rings. The lowest BCUT2D eigenvalue weighted by Crippen LogP contribution is -2.22. The molecular weight excluding hydrogens is 472 g/mol. The summed E-state index contributed by atoms with van der Waals surface area (Å²) in [7, 11) is 0. The maximum atomic E-state index is 12.6. The molecule has 0 bridgehead atoms. The van der Waals surface area contributed by atoms with E-state index in [1.165, 1.54) is 6.07 Å². The molecule has 0 atom stereocenters. The molecule has 6 nitrogen and oxygen atoms in total. The average molecular weight is 486 g/mol. The zero-order valence-corrected chi connectivity index (χ0v) is 17.3. The number of hydrogen-bond donors (Lipinski definition) is 1. The number of pyridine rings is 1. The first-order chi connectivity index (χ1) is 14.1. The van der Waals surface area contributed by atoms with E-state index in [0.29, 0.717) is 34.5 Å². The number of nitrogens with one attached hydrogen (secondary N) is 1. The number of esters is 1. The molecule has 0 radical (unpaired) electrons. The molecule has 1 aromatic heterocycles. The number of hydrogen-bond acceptors (Lipinski definition) is 5. The maximum absolute atomic E-state index is 12.6. The maximum Gasteiger partial charge on any atom is 0.417 e. The molecule has 162 valence electrons. The molecule has 2 aromatic rings. The second-order valence-corrected chi connectivity index (χ2v) is 7.04. The van der Waals surface area contributed by atoms with E-state index in [1.54, 1.807) is 12.1 Å². The fourth-order valence-electron chi connectivity index (χ4n) is 2.06. The van der Waals surface area contributed by atoms with Crippen molar-refractivity contribution in [1.29, 1.82) is 0 Å². The van der Waals surface area contributed by atoms with E-state index in [-0.39, 0.29) is 18.8 Å². The van der Waals surface area contributed by atoms with Crippen molar-refractivity contribution in [3.8, 4) is 5.75 Å². The van der Waals surface area contributed by atoms with Crippen LogP contribution < -0.4 is 10.1 Å². The Morgan fingerprint density at radius 1 is 1.10 bits per heavy atom. The molecule has 2 rings (SSSR count). The standard InChI is InChI=1S/C18H14Cl3F3N2O4/c19-11-3-4-14(12(20)7-11)29-5-1-2-16(28)30-9-15(27)26-17-13(21)6-10(8-25-17)18(22,23)24/h3-4,6-8H,1-2,5,9H2,(H,25,26,27). The second-order valence-electron chi connectivity index (χ2n) is 5.79. The fraction of sp³-hybridized carbons (Fsp3) is 0.278. The van der Waals surface area contributed by atoms with Gasteiger partial charge >= 0.3 is 12.1 Å². The monoisotopic (exact) mass is 484 g/mol. The summed E-state index contributed by atoms with van der Waals surface area (Å²) in [5.41, 5.74) is -1.06. The molecule has 0 aliphatic heterocycles. The number of alkyl halides is 3. The van der Waals surface area contributed by atoms with E-state index in [4.69, 9.17) is 44.3 Å². The van der Waals surface area contributed by atoms with Crippen molar-refractivity contribution in [3.05, 3.63) is 51.1 Å². The van der Waals surface area contributed by atoms with E-state index in [0.717, 1.165) is 0 Å². The van der Waals surface area contributed by atoms with Crippen LogP contribution in [0.25, 0.3) is 0 Å². The highest BCUT2D eigenvalue weighted by atomic mass is 35.5.